The molecule has 0 saturated carbocycles. The van der Waals surface area contributed by atoms with Gasteiger partial charge in [-0.3, -0.25) is 4.79 Å². The van der Waals surface area contributed by atoms with Gasteiger partial charge in [-0.2, -0.15) is 0 Å². The maximum atomic E-state index is 12.4. The summed E-state index contributed by atoms with van der Waals surface area (Å²) in [6.45, 7) is 2.95. The third-order valence-electron chi connectivity index (χ3n) is 3.83. The fourth-order valence-electron chi connectivity index (χ4n) is 2.56. The molecule has 0 aromatic heterocycles. The molecule has 1 N–H and O–H groups in total. The standard InChI is InChI=1S/C15H20BrNO2/c1-11-2-3-13(10-18)9-17(11)15(19)8-12-4-6-14(16)7-5-12/h4-7,11,13,18H,2-3,8-10H2,1H3. The maximum absolute atomic E-state index is 12.4. The molecule has 1 aliphatic heterocycles. The third kappa shape index (κ3) is 3.80. The van der Waals surface area contributed by atoms with Gasteiger partial charge in [0.2, 0.25) is 5.91 Å². The Hall–Kier alpha value is -0.870. The van der Waals surface area contributed by atoms with Crippen molar-refractivity contribution in [3.63, 3.8) is 0 Å². The molecule has 0 spiro atoms. The molecule has 1 aromatic rings. The molecule has 1 amide bonds. The van der Waals surface area contributed by atoms with E-state index in [1.54, 1.807) is 0 Å². The summed E-state index contributed by atoms with van der Waals surface area (Å²) in [6.07, 6.45) is 2.44. The van der Waals surface area contributed by atoms with Crippen molar-refractivity contribution in [2.24, 2.45) is 5.92 Å². The predicted octanol–water partition coefficient (Wildman–Crippen LogP) is 2.61. The van der Waals surface area contributed by atoms with Gasteiger partial charge >= 0.3 is 0 Å². The van der Waals surface area contributed by atoms with Gasteiger partial charge in [0.15, 0.2) is 0 Å². The molecule has 1 fully saturated rings. The van der Waals surface area contributed by atoms with Crippen LogP contribution >= 0.6 is 15.9 Å². The number of benzene rings is 1. The number of amides is 1. The van der Waals surface area contributed by atoms with Gasteiger partial charge in [0.1, 0.15) is 0 Å². The van der Waals surface area contributed by atoms with Crippen LogP contribution in [0, 0.1) is 5.92 Å². The Labute approximate surface area is 122 Å². The van der Waals surface area contributed by atoms with Crippen LogP contribution in [0.25, 0.3) is 0 Å². The highest BCUT2D eigenvalue weighted by molar-refractivity contribution is 9.10. The van der Waals surface area contributed by atoms with Crippen LogP contribution in [0.5, 0.6) is 0 Å². The van der Waals surface area contributed by atoms with Gasteiger partial charge in [-0.05, 0) is 43.4 Å². The van der Waals surface area contributed by atoms with Crippen LogP contribution in [-0.4, -0.2) is 35.1 Å². The Morgan fingerprint density at radius 3 is 2.68 bits per heavy atom. The fraction of sp³-hybridized carbons (Fsp3) is 0.533. The minimum Gasteiger partial charge on any atom is -0.396 e. The molecule has 0 bridgehead atoms. The van der Waals surface area contributed by atoms with Gasteiger partial charge < -0.3 is 10.0 Å². The zero-order chi connectivity index (χ0) is 13.8. The average molecular weight is 326 g/mol. The number of carbonyl (C=O) groups excluding carboxylic acids is 1. The Bertz CT molecular complexity index is 432. The lowest BCUT2D eigenvalue weighted by molar-refractivity contribution is -0.135. The van der Waals surface area contributed by atoms with Crippen LogP contribution in [0.4, 0.5) is 0 Å². The zero-order valence-corrected chi connectivity index (χ0v) is 12.8. The lowest BCUT2D eigenvalue weighted by Gasteiger charge is -2.37. The molecule has 19 heavy (non-hydrogen) atoms. The lowest BCUT2D eigenvalue weighted by Crippen LogP contribution is -2.46. The predicted molar refractivity (Wildman–Crippen MR) is 78.8 cm³/mol. The van der Waals surface area contributed by atoms with Crippen molar-refractivity contribution in [1.29, 1.82) is 0 Å². The van der Waals surface area contributed by atoms with Crippen LogP contribution in [-0.2, 0) is 11.2 Å². The summed E-state index contributed by atoms with van der Waals surface area (Å²) in [5.74, 6) is 0.401. The highest BCUT2D eigenvalue weighted by atomic mass is 79.9. The SMILES string of the molecule is CC1CCC(CO)CN1C(=O)Cc1ccc(Br)cc1. The molecule has 2 unspecified atom stereocenters. The zero-order valence-electron chi connectivity index (χ0n) is 11.2. The molecule has 1 saturated heterocycles. The summed E-state index contributed by atoms with van der Waals surface area (Å²) < 4.78 is 1.02. The van der Waals surface area contributed by atoms with E-state index >= 15 is 0 Å². The summed E-state index contributed by atoms with van der Waals surface area (Å²) >= 11 is 3.39. The summed E-state index contributed by atoms with van der Waals surface area (Å²) in [6, 6.07) is 8.14. The van der Waals surface area contributed by atoms with Crippen LogP contribution in [0.15, 0.2) is 28.7 Å². The van der Waals surface area contributed by atoms with Crippen molar-refractivity contribution in [3.05, 3.63) is 34.3 Å². The summed E-state index contributed by atoms with van der Waals surface area (Å²) in [4.78, 5) is 14.3. The minimum absolute atomic E-state index is 0.160. The number of halogens is 1. The molecule has 1 aromatic carbocycles. The Kier molecular flexibility index (Phi) is 4.99. The van der Waals surface area contributed by atoms with Crippen molar-refractivity contribution < 1.29 is 9.90 Å². The minimum atomic E-state index is 0.160. The topological polar surface area (TPSA) is 40.5 Å². The summed E-state index contributed by atoms with van der Waals surface area (Å²) in [5, 5.41) is 9.25. The van der Waals surface area contributed by atoms with Crippen molar-refractivity contribution >= 4 is 21.8 Å². The maximum Gasteiger partial charge on any atom is 0.227 e. The number of rotatable bonds is 3. The summed E-state index contributed by atoms with van der Waals surface area (Å²) in [5.41, 5.74) is 1.03. The number of aliphatic hydroxyl groups is 1. The first-order valence-electron chi connectivity index (χ1n) is 6.75. The highest BCUT2D eigenvalue weighted by Crippen LogP contribution is 2.22. The van der Waals surface area contributed by atoms with Crippen molar-refractivity contribution in [1.82, 2.24) is 4.90 Å². The monoisotopic (exact) mass is 325 g/mol. The summed E-state index contributed by atoms with van der Waals surface area (Å²) in [7, 11) is 0. The number of hydrogen-bond donors (Lipinski definition) is 1. The van der Waals surface area contributed by atoms with Crippen LogP contribution in [0.1, 0.15) is 25.3 Å². The molecule has 2 rings (SSSR count). The Morgan fingerprint density at radius 2 is 2.05 bits per heavy atom. The first kappa shape index (κ1) is 14.5. The third-order valence-corrected chi connectivity index (χ3v) is 4.36. The molecule has 104 valence electrons. The quantitative estimate of drug-likeness (QED) is 0.928. The van der Waals surface area contributed by atoms with E-state index in [2.05, 4.69) is 22.9 Å². The van der Waals surface area contributed by atoms with E-state index in [1.807, 2.05) is 29.2 Å². The first-order valence-corrected chi connectivity index (χ1v) is 7.54. The molecular formula is C15H20BrNO2. The van der Waals surface area contributed by atoms with Gasteiger partial charge in [-0.15, -0.1) is 0 Å². The molecule has 0 radical (unpaired) electrons. The van der Waals surface area contributed by atoms with Crippen molar-refractivity contribution in [2.75, 3.05) is 13.2 Å². The van der Waals surface area contributed by atoms with E-state index < -0.39 is 0 Å². The first-order chi connectivity index (χ1) is 9.10. The number of piperidine rings is 1. The van der Waals surface area contributed by atoms with E-state index in [1.165, 1.54) is 0 Å². The molecule has 0 aliphatic carbocycles. The molecule has 2 atom stereocenters. The number of hydrogen-bond acceptors (Lipinski definition) is 2. The average Bonchev–Trinajstić information content (AvgIpc) is 2.42. The number of carbonyl (C=O) groups is 1. The van der Waals surface area contributed by atoms with Gasteiger partial charge in [-0.25, -0.2) is 0 Å². The van der Waals surface area contributed by atoms with Crippen LogP contribution < -0.4 is 0 Å². The van der Waals surface area contributed by atoms with Gasteiger partial charge in [0.05, 0.1) is 6.42 Å². The van der Waals surface area contributed by atoms with Crippen LogP contribution in [0.2, 0.25) is 0 Å². The second-order valence-corrected chi connectivity index (χ2v) is 6.24. The normalized spacial score (nSPS) is 23.4. The van der Waals surface area contributed by atoms with Gasteiger partial charge in [-0.1, -0.05) is 28.1 Å². The van der Waals surface area contributed by atoms with E-state index in [0.29, 0.717) is 13.0 Å². The van der Waals surface area contributed by atoms with Crippen LogP contribution in [0.3, 0.4) is 0 Å². The van der Waals surface area contributed by atoms with E-state index in [-0.39, 0.29) is 24.5 Å². The van der Waals surface area contributed by atoms with E-state index in [9.17, 15) is 9.90 Å². The number of likely N-dealkylation sites (tertiary alicyclic amines) is 1. The Balaban J connectivity index is 2.00. The molecule has 4 heteroatoms. The molecule has 3 nitrogen and oxygen atoms in total. The smallest absolute Gasteiger partial charge is 0.227 e. The fourth-order valence-corrected chi connectivity index (χ4v) is 2.82. The van der Waals surface area contributed by atoms with Crippen molar-refractivity contribution in [2.45, 2.75) is 32.2 Å². The second-order valence-electron chi connectivity index (χ2n) is 5.32. The number of aliphatic hydroxyl groups excluding tert-OH is 1. The lowest BCUT2D eigenvalue weighted by atomic mass is 9.93. The van der Waals surface area contributed by atoms with E-state index in [0.717, 1.165) is 22.9 Å². The highest BCUT2D eigenvalue weighted by Gasteiger charge is 2.28. The largest absolute Gasteiger partial charge is 0.396 e. The molecule has 1 aliphatic rings. The number of nitrogens with zero attached hydrogens (tertiary/aromatic N) is 1. The van der Waals surface area contributed by atoms with E-state index in [4.69, 9.17) is 0 Å². The molecule has 1 heterocycles. The van der Waals surface area contributed by atoms with Gasteiger partial charge in [0, 0.05) is 23.7 Å². The second kappa shape index (κ2) is 6.53. The Morgan fingerprint density at radius 1 is 1.37 bits per heavy atom. The van der Waals surface area contributed by atoms with Gasteiger partial charge in [0.25, 0.3) is 0 Å². The molecular weight excluding hydrogens is 306 g/mol. The van der Waals surface area contributed by atoms with Crippen molar-refractivity contribution in [3.8, 4) is 0 Å².